The number of carbonyl (C=O) groups is 1. The van der Waals surface area contributed by atoms with E-state index in [1.54, 1.807) is 19.1 Å². The van der Waals surface area contributed by atoms with Gasteiger partial charge in [-0.1, -0.05) is 44.8 Å². The Hall–Kier alpha value is -1.77. The summed E-state index contributed by atoms with van der Waals surface area (Å²) in [7, 11) is 0. The van der Waals surface area contributed by atoms with Crippen molar-refractivity contribution in [2.75, 3.05) is 13.2 Å². The molecule has 0 aliphatic rings. The number of unbranched alkanes of at least 4 members (excludes halogenated alkanes) is 6. The molecule has 0 spiro atoms. The van der Waals surface area contributed by atoms with E-state index in [1.165, 1.54) is 38.5 Å². The van der Waals surface area contributed by atoms with Crippen molar-refractivity contribution in [1.82, 2.24) is 0 Å². The average molecular weight is 332 g/mol. The molecule has 0 amide bonds. The molecule has 1 aromatic rings. The molecule has 0 unspecified atom stereocenters. The Morgan fingerprint density at radius 1 is 0.917 bits per heavy atom. The molecule has 134 valence electrons. The maximum atomic E-state index is 11.5. The number of rotatable bonds is 13. The standard InChI is InChI=1S/C21H32O3/c1-3-5-6-7-8-9-10-11-12-13-18-24-20-16-14-19(15-17-20)21(22)23-4-2/h10-11,14-17H,3-9,12-13,18H2,1-2H3/b11-10+. The SMILES string of the molecule is CCCCCCC/C=C/CCCOc1ccc(C(=O)OCC)cc1. The van der Waals surface area contributed by atoms with Gasteiger partial charge in [0.2, 0.25) is 0 Å². The van der Waals surface area contributed by atoms with E-state index in [0.717, 1.165) is 18.6 Å². The van der Waals surface area contributed by atoms with Gasteiger partial charge < -0.3 is 9.47 Å². The predicted molar refractivity (Wildman–Crippen MR) is 99.6 cm³/mol. The summed E-state index contributed by atoms with van der Waals surface area (Å²) in [6.07, 6.45) is 14.5. The lowest BCUT2D eigenvalue weighted by Gasteiger charge is -2.06. The number of carbonyl (C=O) groups excluding carboxylic acids is 1. The van der Waals surface area contributed by atoms with E-state index in [2.05, 4.69) is 19.1 Å². The zero-order valence-corrected chi connectivity index (χ0v) is 15.3. The fraction of sp³-hybridized carbons (Fsp3) is 0.571. The molecule has 0 heterocycles. The summed E-state index contributed by atoms with van der Waals surface area (Å²) in [5.74, 6) is 0.506. The second-order valence-electron chi connectivity index (χ2n) is 5.91. The third kappa shape index (κ3) is 9.39. The molecule has 0 aliphatic carbocycles. The minimum atomic E-state index is -0.288. The van der Waals surface area contributed by atoms with Gasteiger partial charge in [-0.25, -0.2) is 4.79 Å². The van der Waals surface area contributed by atoms with Gasteiger partial charge in [0.25, 0.3) is 0 Å². The first-order chi connectivity index (χ1) is 11.8. The van der Waals surface area contributed by atoms with Gasteiger partial charge in [0, 0.05) is 0 Å². The molecule has 0 aromatic heterocycles. The second kappa shape index (κ2) is 13.6. The maximum Gasteiger partial charge on any atom is 0.338 e. The van der Waals surface area contributed by atoms with Gasteiger partial charge in [0.1, 0.15) is 5.75 Å². The summed E-state index contributed by atoms with van der Waals surface area (Å²) in [6, 6.07) is 7.12. The van der Waals surface area contributed by atoms with Crippen molar-refractivity contribution in [3.63, 3.8) is 0 Å². The Labute approximate surface area is 147 Å². The predicted octanol–water partition coefficient (Wildman–Crippen LogP) is 5.94. The first-order valence-corrected chi connectivity index (χ1v) is 9.33. The molecule has 0 N–H and O–H groups in total. The maximum absolute atomic E-state index is 11.5. The van der Waals surface area contributed by atoms with Crippen molar-refractivity contribution < 1.29 is 14.3 Å². The van der Waals surface area contributed by atoms with E-state index in [1.807, 2.05) is 12.1 Å². The van der Waals surface area contributed by atoms with Crippen LogP contribution in [-0.4, -0.2) is 19.2 Å². The van der Waals surface area contributed by atoms with E-state index in [4.69, 9.17) is 9.47 Å². The van der Waals surface area contributed by atoms with Crippen molar-refractivity contribution >= 4 is 5.97 Å². The molecular formula is C21H32O3. The molecule has 0 saturated carbocycles. The van der Waals surface area contributed by atoms with Crippen LogP contribution in [0.25, 0.3) is 0 Å². The molecule has 3 heteroatoms. The van der Waals surface area contributed by atoms with Gasteiger partial charge in [-0.15, -0.1) is 0 Å². The van der Waals surface area contributed by atoms with Crippen LogP contribution in [0.3, 0.4) is 0 Å². The van der Waals surface area contributed by atoms with E-state index < -0.39 is 0 Å². The second-order valence-corrected chi connectivity index (χ2v) is 5.91. The molecule has 0 atom stereocenters. The zero-order chi connectivity index (χ0) is 17.5. The molecule has 1 rings (SSSR count). The smallest absolute Gasteiger partial charge is 0.338 e. The molecule has 24 heavy (non-hydrogen) atoms. The quantitative estimate of drug-likeness (QED) is 0.255. The molecule has 0 fully saturated rings. The minimum absolute atomic E-state index is 0.288. The van der Waals surface area contributed by atoms with Crippen molar-refractivity contribution in [2.45, 2.75) is 65.2 Å². The fourth-order valence-corrected chi connectivity index (χ4v) is 2.39. The molecule has 0 saturated heterocycles. The van der Waals surface area contributed by atoms with Crippen LogP contribution in [-0.2, 0) is 4.74 Å². The summed E-state index contributed by atoms with van der Waals surface area (Å²) in [4.78, 5) is 11.5. The lowest BCUT2D eigenvalue weighted by Crippen LogP contribution is -2.04. The van der Waals surface area contributed by atoms with Gasteiger partial charge in [-0.2, -0.15) is 0 Å². The average Bonchev–Trinajstić information content (AvgIpc) is 2.60. The molecule has 0 bridgehead atoms. The van der Waals surface area contributed by atoms with Crippen LogP contribution >= 0.6 is 0 Å². The Balaban J connectivity index is 2.07. The minimum Gasteiger partial charge on any atom is -0.494 e. The summed E-state index contributed by atoms with van der Waals surface area (Å²) in [5, 5.41) is 0. The normalized spacial score (nSPS) is 10.9. The highest BCUT2D eigenvalue weighted by atomic mass is 16.5. The van der Waals surface area contributed by atoms with E-state index in [0.29, 0.717) is 18.8 Å². The van der Waals surface area contributed by atoms with Crippen molar-refractivity contribution in [3.8, 4) is 5.75 Å². The highest BCUT2D eigenvalue weighted by Gasteiger charge is 2.05. The van der Waals surface area contributed by atoms with E-state index in [-0.39, 0.29) is 5.97 Å². The lowest BCUT2D eigenvalue weighted by molar-refractivity contribution is 0.0526. The Bertz CT molecular complexity index is 462. The number of allylic oxidation sites excluding steroid dienone is 2. The molecule has 0 aliphatic heterocycles. The summed E-state index contributed by atoms with van der Waals surface area (Å²) >= 11 is 0. The molecular weight excluding hydrogens is 300 g/mol. The van der Waals surface area contributed by atoms with Crippen LogP contribution < -0.4 is 4.74 Å². The van der Waals surface area contributed by atoms with Crippen LogP contribution in [0.5, 0.6) is 5.75 Å². The van der Waals surface area contributed by atoms with Crippen LogP contribution in [0.2, 0.25) is 0 Å². The van der Waals surface area contributed by atoms with Crippen molar-refractivity contribution in [2.24, 2.45) is 0 Å². The number of hydrogen-bond donors (Lipinski definition) is 0. The summed E-state index contributed by atoms with van der Waals surface area (Å²) in [5.41, 5.74) is 0.561. The van der Waals surface area contributed by atoms with Crippen LogP contribution in [0.1, 0.15) is 75.6 Å². The van der Waals surface area contributed by atoms with Crippen LogP contribution in [0.4, 0.5) is 0 Å². The molecule has 0 radical (unpaired) electrons. The molecule has 1 aromatic carbocycles. The zero-order valence-electron chi connectivity index (χ0n) is 15.3. The Morgan fingerprint density at radius 3 is 2.25 bits per heavy atom. The highest BCUT2D eigenvalue weighted by molar-refractivity contribution is 5.89. The van der Waals surface area contributed by atoms with Gasteiger partial charge in [-0.05, 0) is 56.9 Å². The van der Waals surface area contributed by atoms with Crippen molar-refractivity contribution in [1.29, 1.82) is 0 Å². The highest BCUT2D eigenvalue weighted by Crippen LogP contribution is 2.13. The van der Waals surface area contributed by atoms with Gasteiger partial charge >= 0.3 is 5.97 Å². The monoisotopic (exact) mass is 332 g/mol. The summed E-state index contributed by atoms with van der Waals surface area (Å²) in [6.45, 7) is 5.13. The van der Waals surface area contributed by atoms with Crippen LogP contribution in [0.15, 0.2) is 36.4 Å². The van der Waals surface area contributed by atoms with Gasteiger partial charge in [0.15, 0.2) is 0 Å². The number of benzene rings is 1. The number of ether oxygens (including phenoxy) is 2. The van der Waals surface area contributed by atoms with Crippen LogP contribution in [0, 0.1) is 0 Å². The lowest BCUT2D eigenvalue weighted by atomic mass is 10.1. The first kappa shape index (κ1) is 20.3. The number of hydrogen-bond acceptors (Lipinski definition) is 3. The van der Waals surface area contributed by atoms with Gasteiger partial charge in [0.05, 0.1) is 18.8 Å². The Morgan fingerprint density at radius 2 is 1.58 bits per heavy atom. The number of esters is 1. The third-order valence-corrected chi connectivity index (χ3v) is 3.79. The Kier molecular flexibility index (Phi) is 11.5. The third-order valence-electron chi connectivity index (χ3n) is 3.79. The van der Waals surface area contributed by atoms with Crippen molar-refractivity contribution in [3.05, 3.63) is 42.0 Å². The topological polar surface area (TPSA) is 35.5 Å². The summed E-state index contributed by atoms with van der Waals surface area (Å²) < 4.78 is 10.6. The van der Waals surface area contributed by atoms with Gasteiger partial charge in [-0.3, -0.25) is 0 Å². The van der Waals surface area contributed by atoms with E-state index >= 15 is 0 Å². The first-order valence-electron chi connectivity index (χ1n) is 9.33. The molecule has 3 nitrogen and oxygen atoms in total. The van der Waals surface area contributed by atoms with E-state index in [9.17, 15) is 4.79 Å². The largest absolute Gasteiger partial charge is 0.494 e. The fourth-order valence-electron chi connectivity index (χ4n) is 2.39.